The fourth-order valence-corrected chi connectivity index (χ4v) is 0.981. The van der Waals surface area contributed by atoms with E-state index >= 15 is 0 Å². The highest BCUT2D eigenvalue weighted by atomic mass is 16.5. The van der Waals surface area contributed by atoms with Crippen LogP contribution in [0, 0.1) is 0 Å². The first-order valence-electron chi connectivity index (χ1n) is 4.89. The predicted octanol–water partition coefficient (Wildman–Crippen LogP) is -0.00550. The summed E-state index contributed by atoms with van der Waals surface area (Å²) in [5, 5.41) is 10.8. The van der Waals surface area contributed by atoms with Crippen molar-refractivity contribution in [2.45, 2.75) is 13.0 Å². The normalized spacial score (nSPS) is 10.8. The molecule has 1 rings (SSSR count). The summed E-state index contributed by atoms with van der Waals surface area (Å²) in [6.07, 6.45) is 0.738. The molecule has 6 heteroatoms. The van der Waals surface area contributed by atoms with Gasteiger partial charge in [-0.3, -0.25) is 0 Å². The zero-order valence-corrected chi connectivity index (χ0v) is 9.15. The zero-order valence-electron chi connectivity index (χ0n) is 9.15. The molecule has 0 saturated heterocycles. The van der Waals surface area contributed by atoms with E-state index in [1.165, 1.54) is 0 Å². The van der Waals surface area contributed by atoms with Crippen LogP contribution in [-0.2, 0) is 22.5 Å². The van der Waals surface area contributed by atoms with Gasteiger partial charge in [-0.05, 0) is 7.05 Å². The Balaban J connectivity index is 2.20. The number of rotatable bonds is 8. The number of hydrogen-bond acceptors (Lipinski definition) is 6. The molecule has 0 amide bonds. The Morgan fingerprint density at radius 1 is 1.27 bits per heavy atom. The van der Waals surface area contributed by atoms with Crippen LogP contribution in [0.15, 0.2) is 4.42 Å². The van der Waals surface area contributed by atoms with Crippen LogP contribution < -0.4 is 5.32 Å². The van der Waals surface area contributed by atoms with E-state index in [0.29, 0.717) is 31.6 Å². The Morgan fingerprint density at radius 3 is 2.80 bits per heavy atom. The van der Waals surface area contributed by atoms with Crippen molar-refractivity contribution < 1.29 is 13.9 Å². The van der Waals surface area contributed by atoms with Crippen LogP contribution in [0.5, 0.6) is 0 Å². The minimum absolute atomic E-state index is 0.343. The molecule has 1 N–H and O–H groups in total. The van der Waals surface area contributed by atoms with Crippen molar-refractivity contribution in [1.29, 1.82) is 0 Å². The second-order valence-corrected chi connectivity index (χ2v) is 2.99. The summed E-state index contributed by atoms with van der Waals surface area (Å²) in [6.45, 7) is 2.27. The largest absolute Gasteiger partial charge is 0.423 e. The first kappa shape index (κ1) is 12.1. The quantitative estimate of drug-likeness (QED) is 0.615. The molecule has 0 bridgehead atoms. The summed E-state index contributed by atoms with van der Waals surface area (Å²) in [6, 6.07) is 0. The van der Waals surface area contributed by atoms with Crippen molar-refractivity contribution in [2.75, 3.05) is 33.9 Å². The van der Waals surface area contributed by atoms with Gasteiger partial charge >= 0.3 is 0 Å². The van der Waals surface area contributed by atoms with Crippen molar-refractivity contribution in [3.05, 3.63) is 11.8 Å². The molecule has 0 aromatic carbocycles. The smallest absolute Gasteiger partial charge is 0.242 e. The topological polar surface area (TPSA) is 69.4 Å². The van der Waals surface area contributed by atoms with Gasteiger partial charge in [0.2, 0.25) is 11.8 Å². The van der Waals surface area contributed by atoms with Crippen LogP contribution in [0.3, 0.4) is 0 Å². The number of nitrogens with zero attached hydrogens (tertiary/aromatic N) is 2. The second kappa shape index (κ2) is 7.33. The monoisotopic (exact) mass is 215 g/mol. The van der Waals surface area contributed by atoms with Gasteiger partial charge in [0.25, 0.3) is 0 Å². The lowest BCUT2D eigenvalue weighted by atomic mass is 10.4. The molecule has 0 atom stereocenters. The van der Waals surface area contributed by atoms with Gasteiger partial charge in [-0.2, -0.15) is 0 Å². The van der Waals surface area contributed by atoms with Crippen LogP contribution in [-0.4, -0.2) is 44.1 Å². The fraction of sp³-hybridized carbons (Fsp3) is 0.778. The standard InChI is InChI=1S/C9H17N3O3/c1-10-4-3-8-11-12-9(15-8)7-14-6-5-13-2/h10H,3-7H2,1-2H3. The summed E-state index contributed by atoms with van der Waals surface area (Å²) in [5.74, 6) is 1.15. The molecule has 1 aromatic heterocycles. The van der Waals surface area contributed by atoms with Gasteiger partial charge < -0.3 is 19.2 Å². The molecule has 0 fully saturated rings. The average Bonchev–Trinajstić information content (AvgIpc) is 2.69. The van der Waals surface area contributed by atoms with E-state index in [-0.39, 0.29) is 0 Å². The Labute approximate surface area is 89.0 Å². The van der Waals surface area contributed by atoms with E-state index < -0.39 is 0 Å². The van der Waals surface area contributed by atoms with E-state index in [1.54, 1.807) is 7.11 Å². The Bertz CT molecular complexity index is 265. The first-order chi connectivity index (χ1) is 7.36. The minimum atomic E-state index is 0.343. The molecule has 0 aliphatic rings. The molecular weight excluding hydrogens is 198 g/mol. The minimum Gasteiger partial charge on any atom is -0.423 e. The second-order valence-electron chi connectivity index (χ2n) is 2.99. The number of ether oxygens (including phenoxy) is 2. The lowest BCUT2D eigenvalue weighted by molar-refractivity contribution is 0.0513. The van der Waals surface area contributed by atoms with Gasteiger partial charge in [-0.15, -0.1) is 10.2 Å². The molecular formula is C9H17N3O3. The Kier molecular flexibility index (Phi) is 5.91. The number of aromatic nitrogens is 2. The fourth-order valence-electron chi connectivity index (χ4n) is 0.981. The number of hydrogen-bond donors (Lipinski definition) is 1. The number of methoxy groups -OCH3 is 1. The summed E-state index contributed by atoms with van der Waals surface area (Å²) in [5.41, 5.74) is 0. The maximum absolute atomic E-state index is 5.34. The van der Waals surface area contributed by atoms with Gasteiger partial charge in [0.15, 0.2) is 0 Å². The van der Waals surface area contributed by atoms with E-state index in [9.17, 15) is 0 Å². The predicted molar refractivity (Wildman–Crippen MR) is 53.5 cm³/mol. The third-order valence-electron chi connectivity index (χ3n) is 1.75. The van der Waals surface area contributed by atoms with Gasteiger partial charge in [0.05, 0.1) is 13.2 Å². The van der Waals surface area contributed by atoms with Crippen molar-refractivity contribution in [3.8, 4) is 0 Å². The van der Waals surface area contributed by atoms with Crippen molar-refractivity contribution in [2.24, 2.45) is 0 Å². The number of likely N-dealkylation sites (N-methyl/N-ethyl adjacent to an activating group) is 1. The summed E-state index contributed by atoms with van der Waals surface area (Å²) >= 11 is 0. The van der Waals surface area contributed by atoms with E-state index in [1.807, 2.05) is 7.05 Å². The molecule has 86 valence electrons. The molecule has 0 radical (unpaired) electrons. The van der Waals surface area contributed by atoms with E-state index in [0.717, 1.165) is 13.0 Å². The molecule has 0 spiro atoms. The van der Waals surface area contributed by atoms with Crippen LogP contribution in [0.25, 0.3) is 0 Å². The molecule has 1 heterocycles. The molecule has 15 heavy (non-hydrogen) atoms. The highest BCUT2D eigenvalue weighted by Gasteiger charge is 2.04. The van der Waals surface area contributed by atoms with Crippen LogP contribution >= 0.6 is 0 Å². The maximum Gasteiger partial charge on any atom is 0.242 e. The van der Waals surface area contributed by atoms with E-state index in [2.05, 4.69) is 15.5 Å². The highest BCUT2D eigenvalue weighted by Crippen LogP contribution is 2.01. The third-order valence-corrected chi connectivity index (χ3v) is 1.75. The molecule has 1 aromatic rings. The summed E-state index contributed by atoms with van der Waals surface area (Å²) < 4.78 is 15.4. The first-order valence-corrected chi connectivity index (χ1v) is 4.89. The van der Waals surface area contributed by atoms with Crippen molar-refractivity contribution in [3.63, 3.8) is 0 Å². The SMILES string of the molecule is CNCCc1nnc(COCCOC)o1. The van der Waals surface area contributed by atoms with Crippen molar-refractivity contribution >= 4 is 0 Å². The lowest BCUT2D eigenvalue weighted by Gasteiger charge is -1.98. The van der Waals surface area contributed by atoms with Crippen LogP contribution in [0.4, 0.5) is 0 Å². The van der Waals surface area contributed by atoms with Gasteiger partial charge in [0.1, 0.15) is 6.61 Å². The maximum atomic E-state index is 5.34. The van der Waals surface area contributed by atoms with E-state index in [4.69, 9.17) is 13.9 Å². The Morgan fingerprint density at radius 2 is 2.07 bits per heavy atom. The lowest BCUT2D eigenvalue weighted by Crippen LogP contribution is -2.10. The van der Waals surface area contributed by atoms with Crippen molar-refractivity contribution in [1.82, 2.24) is 15.5 Å². The molecule has 0 saturated carbocycles. The molecule has 0 aliphatic carbocycles. The van der Waals surface area contributed by atoms with Crippen LogP contribution in [0.1, 0.15) is 11.8 Å². The molecule has 6 nitrogen and oxygen atoms in total. The average molecular weight is 215 g/mol. The highest BCUT2D eigenvalue weighted by molar-refractivity contribution is 4.80. The zero-order chi connectivity index (χ0) is 10.9. The van der Waals surface area contributed by atoms with Gasteiger partial charge in [-0.25, -0.2) is 0 Å². The summed E-state index contributed by atoms with van der Waals surface area (Å²) in [4.78, 5) is 0. The van der Waals surface area contributed by atoms with Crippen LogP contribution in [0.2, 0.25) is 0 Å². The summed E-state index contributed by atoms with van der Waals surface area (Å²) in [7, 11) is 3.51. The number of nitrogens with one attached hydrogen (secondary N) is 1. The molecule has 0 aliphatic heterocycles. The van der Waals surface area contributed by atoms with Gasteiger partial charge in [0, 0.05) is 20.1 Å². The Hall–Kier alpha value is -0.980. The van der Waals surface area contributed by atoms with Gasteiger partial charge in [-0.1, -0.05) is 0 Å². The third kappa shape index (κ3) is 4.87. The molecule has 0 unspecified atom stereocenters.